The second kappa shape index (κ2) is 3.27. The molecule has 72 valence electrons. The van der Waals surface area contributed by atoms with E-state index in [1.54, 1.807) is 0 Å². The van der Waals surface area contributed by atoms with Gasteiger partial charge < -0.3 is 24.8 Å². The molecule has 0 aromatic heterocycles. The number of hydrogen-bond donors (Lipinski definition) is 3. The smallest absolute Gasteiger partial charge is 0.188 e. The van der Waals surface area contributed by atoms with E-state index in [2.05, 4.69) is 0 Å². The van der Waals surface area contributed by atoms with Crippen LogP contribution in [0.1, 0.15) is 6.92 Å². The highest BCUT2D eigenvalue weighted by molar-refractivity contribution is 4.96. The highest BCUT2D eigenvalue weighted by Gasteiger charge is 2.52. The molecule has 0 amide bonds. The summed E-state index contributed by atoms with van der Waals surface area (Å²) >= 11 is 0. The van der Waals surface area contributed by atoms with Gasteiger partial charge in [0.05, 0.1) is 6.61 Å². The number of methoxy groups -OCH3 is 1. The first-order chi connectivity index (χ1) is 5.54. The Bertz CT molecular complexity index is 154. The normalized spacial score (nSPS) is 48.2. The lowest BCUT2D eigenvalue weighted by Gasteiger charge is -2.24. The van der Waals surface area contributed by atoms with Crippen LogP contribution in [0.5, 0.6) is 0 Å². The average molecular weight is 178 g/mol. The van der Waals surface area contributed by atoms with Crippen LogP contribution in [0, 0.1) is 0 Å². The van der Waals surface area contributed by atoms with Crippen molar-refractivity contribution >= 4 is 0 Å². The van der Waals surface area contributed by atoms with Crippen molar-refractivity contribution in [2.75, 3.05) is 13.7 Å². The van der Waals surface area contributed by atoms with Gasteiger partial charge in [0.15, 0.2) is 6.29 Å². The van der Waals surface area contributed by atoms with E-state index < -0.39 is 24.1 Å². The standard InChI is InChI=1S/C7H14O5/c1-7(10)5(9)4(3-8)12-6(7)11-2/h4-6,8-10H,3H2,1-2H3/t4-,5+,6+,7+/m1/s1. The fourth-order valence-electron chi connectivity index (χ4n) is 1.32. The van der Waals surface area contributed by atoms with Gasteiger partial charge in [-0.1, -0.05) is 0 Å². The van der Waals surface area contributed by atoms with Crippen molar-refractivity contribution in [2.45, 2.75) is 31.0 Å². The predicted octanol–water partition coefficient (Wildman–Crippen LogP) is -1.54. The summed E-state index contributed by atoms with van der Waals surface area (Å²) in [7, 11) is 1.37. The van der Waals surface area contributed by atoms with Crippen molar-refractivity contribution in [1.29, 1.82) is 0 Å². The lowest BCUT2D eigenvalue weighted by atomic mass is 9.98. The summed E-state index contributed by atoms with van der Waals surface area (Å²) in [5.41, 5.74) is -1.46. The van der Waals surface area contributed by atoms with Crippen LogP contribution >= 0.6 is 0 Å². The van der Waals surface area contributed by atoms with Crippen molar-refractivity contribution in [3.05, 3.63) is 0 Å². The summed E-state index contributed by atoms with van der Waals surface area (Å²) < 4.78 is 9.80. The summed E-state index contributed by atoms with van der Waals surface area (Å²) in [6.45, 7) is 1.07. The van der Waals surface area contributed by atoms with E-state index in [4.69, 9.17) is 14.6 Å². The highest BCUT2D eigenvalue weighted by atomic mass is 16.7. The third-order valence-corrected chi connectivity index (χ3v) is 2.12. The molecule has 0 unspecified atom stereocenters. The Hall–Kier alpha value is -0.200. The first-order valence-electron chi connectivity index (χ1n) is 3.73. The third kappa shape index (κ3) is 1.34. The van der Waals surface area contributed by atoms with Crippen molar-refractivity contribution < 1.29 is 24.8 Å². The molecule has 0 aliphatic carbocycles. The van der Waals surface area contributed by atoms with Gasteiger partial charge in [-0.3, -0.25) is 0 Å². The van der Waals surface area contributed by atoms with Gasteiger partial charge in [-0.05, 0) is 6.92 Å². The van der Waals surface area contributed by atoms with Crippen LogP contribution in [0.3, 0.4) is 0 Å². The van der Waals surface area contributed by atoms with Gasteiger partial charge >= 0.3 is 0 Å². The van der Waals surface area contributed by atoms with Crippen molar-refractivity contribution in [1.82, 2.24) is 0 Å². The van der Waals surface area contributed by atoms with Crippen LogP contribution < -0.4 is 0 Å². The zero-order valence-corrected chi connectivity index (χ0v) is 7.10. The zero-order valence-electron chi connectivity index (χ0n) is 7.10. The number of rotatable bonds is 2. The van der Waals surface area contributed by atoms with Gasteiger partial charge in [0.1, 0.15) is 17.8 Å². The Kier molecular flexibility index (Phi) is 2.70. The molecule has 0 aromatic rings. The minimum Gasteiger partial charge on any atom is -0.394 e. The number of hydrogen-bond acceptors (Lipinski definition) is 5. The van der Waals surface area contributed by atoms with Gasteiger partial charge in [-0.15, -0.1) is 0 Å². The summed E-state index contributed by atoms with van der Waals surface area (Å²) in [6, 6.07) is 0. The fraction of sp³-hybridized carbons (Fsp3) is 1.00. The van der Waals surface area contributed by atoms with Crippen LogP contribution in [0.15, 0.2) is 0 Å². The molecule has 1 fully saturated rings. The molecule has 12 heavy (non-hydrogen) atoms. The van der Waals surface area contributed by atoms with E-state index in [0.717, 1.165) is 0 Å². The maximum Gasteiger partial charge on any atom is 0.188 e. The Morgan fingerprint density at radius 3 is 2.42 bits per heavy atom. The van der Waals surface area contributed by atoms with Gasteiger partial charge in [0.25, 0.3) is 0 Å². The molecular weight excluding hydrogens is 164 g/mol. The monoisotopic (exact) mass is 178 g/mol. The molecule has 1 rings (SSSR count). The fourth-order valence-corrected chi connectivity index (χ4v) is 1.32. The molecule has 0 spiro atoms. The quantitative estimate of drug-likeness (QED) is 0.477. The van der Waals surface area contributed by atoms with Crippen LogP contribution in [-0.4, -0.2) is 53.1 Å². The molecule has 5 heteroatoms. The van der Waals surface area contributed by atoms with E-state index >= 15 is 0 Å². The first-order valence-corrected chi connectivity index (χ1v) is 3.73. The van der Waals surface area contributed by atoms with E-state index in [-0.39, 0.29) is 6.61 Å². The molecular formula is C7H14O5. The minimum atomic E-state index is -1.46. The molecule has 1 heterocycles. The van der Waals surface area contributed by atoms with E-state index in [1.807, 2.05) is 0 Å². The van der Waals surface area contributed by atoms with Crippen molar-refractivity contribution in [2.24, 2.45) is 0 Å². The van der Waals surface area contributed by atoms with Gasteiger partial charge in [-0.2, -0.15) is 0 Å². The molecule has 5 nitrogen and oxygen atoms in total. The third-order valence-electron chi connectivity index (χ3n) is 2.12. The van der Waals surface area contributed by atoms with E-state index in [0.29, 0.717) is 0 Å². The lowest BCUT2D eigenvalue weighted by Crippen LogP contribution is -2.46. The molecule has 0 aromatic carbocycles. The van der Waals surface area contributed by atoms with E-state index in [1.165, 1.54) is 14.0 Å². The molecule has 1 aliphatic heterocycles. The molecule has 4 atom stereocenters. The molecule has 0 bridgehead atoms. The molecule has 3 N–H and O–H groups in total. The number of ether oxygens (including phenoxy) is 2. The topological polar surface area (TPSA) is 79.2 Å². The largest absolute Gasteiger partial charge is 0.394 e. The second-order valence-electron chi connectivity index (χ2n) is 3.10. The van der Waals surface area contributed by atoms with Crippen LogP contribution in [-0.2, 0) is 9.47 Å². The van der Waals surface area contributed by atoms with Gasteiger partial charge in [-0.25, -0.2) is 0 Å². The first kappa shape index (κ1) is 9.88. The lowest BCUT2D eigenvalue weighted by molar-refractivity contribution is -0.186. The highest BCUT2D eigenvalue weighted by Crippen LogP contribution is 2.30. The number of aliphatic hydroxyl groups excluding tert-OH is 2. The van der Waals surface area contributed by atoms with Crippen molar-refractivity contribution in [3.8, 4) is 0 Å². The van der Waals surface area contributed by atoms with E-state index in [9.17, 15) is 10.2 Å². The Morgan fingerprint density at radius 2 is 2.17 bits per heavy atom. The van der Waals surface area contributed by atoms with Gasteiger partial charge in [0, 0.05) is 7.11 Å². The summed E-state index contributed by atoms with van der Waals surface area (Å²) in [4.78, 5) is 0. The molecule has 1 aliphatic rings. The van der Waals surface area contributed by atoms with Crippen LogP contribution in [0.2, 0.25) is 0 Å². The zero-order chi connectivity index (χ0) is 9.35. The molecule has 0 saturated carbocycles. The van der Waals surface area contributed by atoms with Crippen LogP contribution in [0.4, 0.5) is 0 Å². The SMILES string of the molecule is CO[C@H]1O[C@H](CO)[C@H](O)[C@]1(C)O. The second-order valence-corrected chi connectivity index (χ2v) is 3.10. The van der Waals surface area contributed by atoms with Crippen molar-refractivity contribution in [3.63, 3.8) is 0 Å². The summed E-state index contributed by atoms with van der Waals surface area (Å²) in [5.74, 6) is 0. The summed E-state index contributed by atoms with van der Waals surface area (Å²) in [5, 5.41) is 27.7. The predicted molar refractivity (Wildman–Crippen MR) is 39.4 cm³/mol. The Morgan fingerprint density at radius 1 is 1.58 bits per heavy atom. The molecule has 1 saturated heterocycles. The Labute approximate surface area is 70.5 Å². The Balaban J connectivity index is 2.73. The maximum atomic E-state index is 9.61. The average Bonchev–Trinajstić information content (AvgIpc) is 2.25. The minimum absolute atomic E-state index is 0.336. The number of aliphatic hydroxyl groups is 3. The van der Waals surface area contributed by atoms with Gasteiger partial charge in [0.2, 0.25) is 0 Å². The van der Waals surface area contributed by atoms with Crippen LogP contribution in [0.25, 0.3) is 0 Å². The summed E-state index contributed by atoms with van der Waals surface area (Å²) in [6.07, 6.45) is -2.78. The maximum absolute atomic E-state index is 9.61. The molecule has 0 radical (unpaired) electrons.